The number of nitrogens with one attached hydrogen (secondary N) is 1. The van der Waals surface area contributed by atoms with E-state index in [0.717, 1.165) is 16.8 Å². The van der Waals surface area contributed by atoms with Crippen molar-refractivity contribution in [2.24, 2.45) is 5.92 Å². The quantitative estimate of drug-likeness (QED) is 0.639. The first kappa shape index (κ1) is 23.9. The van der Waals surface area contributed by atoms with E-state index < -0.39 is 27.8 Å². The van der Waals surface area contributed by atoms with Crippen LogP contribution in [0.3, 0.4) is 0 Å². The number of aryl methyl sites for hydroxylation is 1. The Morgan fingerprint density at radius 3 is 2.34 bits per heavy atom. The summed E-state index contributed by atoms with van der Waals surface area (Å²) in [5, 5.41) is 2.86. The molecule has 0 bridgehead atoms. The molecule has 0 unspecified atom stereocenters. The van der Waals surface area contributed by atoms with E-state index in [0.29, 0.717) is 12.8 Å². The number of para-hydroxylation sites is 1. The number of piperidine rings is 1. The van der Waals surface area contributed by atoms with Crippen molar-refractivity contribution in [3.8, 4) is 0 Å². The van der Waals surface area contributed by atoms with E-state index in [1.165, 1.54) is 4.31 Å². The molecule has 0 aliphatic carbocycles. The highest BCUT2D eigenvalue weighted by Crippen LogP contribution is 2.28. The molecule has 172 valence electrons. The number of benzene rings is 2. The van der Waals surface area contributed by atoms with Gasteiger partial charge in [-0.3, -0.25) is 9.59 Å². The van der Waals surface area contributed by atoms with Crippen LogP contribution in [-0.2, 0) is 24.3 Å². The van der Waals surface area contributed by atoms with Crippen molar-refractivity contribution in [2.45, 2.75) is 44.4 Å². The molecule has 0 saturated carbocycles. The summed E-state index contributed by atoms with van der Waals surface area (Å²) < 4.78 is 32.1. The van der Waals surface area contributed by atoms with Gasteiger partial charge in [0, 0.05) is 18.8 Å². The Bertz CT molecular complexity index is 1060. The smallest absolute Gasteiger partial charge is 0.309 e. The van der Waals surface area contributed by atoms with Crippen molar-refractivity contribution in [2.75, 3.05) is 25.0 Å². The fraction of sp³-hybridized carbons (Fsp3) is 0.417. The van der Waals surface area contributed by atoms with Crippen LogP contribution in [0.2, 0.25) is 0 Å². The number of sulfonamides is 1. The van der Waals surface area contributed by atoms with Gasteiger partial charge in [0.1, 0.15) is 0 Å². The summed E-state index contributed by atoms with van der Waals surface area (Å²) in [6.07, 6.45) is 0.726. The molecule has 1 N–H and O–H groups in total. The second-order valence-corrected chi connectivity index (χ2v) is 10.3. The third kappa shape index (κ3) is 5.55. The Labute approximate surface area is 189 Å². The van der Waals surface area contributed by atoms with Crippen LogP contribution in [0.4, 0.5) is 5.69 Å². The molecule has 1 fully saturated rings. The Balaban J connectivity index is 1.51. The van der Waals surface area contributed by atoms with Crippen molar-refractivity contribution < 1.29 is 22.7 Å². The average molecular weight is 459 g/mol. The first-order valence-electron chi connectivity index (χ1n) is 10.8. The Kier molecular flexibility index (Phi) is 7.69. The summed E-state index contributed by atoms with van der Waals surface area (Å²) in [5.41, 5.74) is 2.72. The molecule has 0 atom stereocenters. The summed E-state index contributed by atoms with van der Waals surface area (Å²) in [6.45, 7) is 6.13. The minimum Gasteiger partial charge on any atom is -0.455 e. The number of anilines is 1. The van der Waals surface area contributed by atoms with Gasteiger partial charge < -0.3 is 10.1 Å². The third-order valence-corrected chi connectivity index (χ3v) is 7.62. The molecule has 1 aliphatic rings. The van der Waals surface area contributed by atoms with Crippen molar-refractivity contribution in [1.29, 1.82) is 0 Å². The highest BCUT2D eigenvalue weighted by Gasteiger charge is 2.33. The predicted octanol–water partition coefficient (Wildman–Crippen LogP) is 3.70. The minimum absolute atomic E-state index is 0.240. The number of rotatable bonds is 7. The van der Waals surface area contributed by atoms with Crippen LogP contribution in [0.5, 0.6) is 0 Å². The number of nitrogens with zero attached hydrogens (tertiary/aromatic N) is 1. The Hall–Kier alpha value is -2.71. The number of hydrogen-bond acceptors (Lipinski definition) is 5. The number of carbonyl (C=O) groups excluding carboxylic acids is 2. The topological polar surface area (TPSA) is 92.8 Å². The highest BCUT2D eigenvalue weighted by atomic mass is 32.2. The van der Waals surface area contributed by atoms with Gasteiger partial charge >= 0.3 is 5.97 Å². The molecular formula is C24H30N2O5S. The number of hydrogen-bond donors (Lipinski definition) is 1. The standard InChI is InChI=1S/C24H30N2O5S/c1-17(2)21-11-7-8-18(3)23(21)25-22(27)16-31-24(28)19-12-14-26(15-13-19)32(29,30)20-9-5-4-6-10-20/h4-11,17,19H,12-16H2,1-3H3,(H,25,27). The summed E-state index contributed by atoms with van der Waals surface area (Å²) in [4.78, 5) is 25.1. The van der Waals surface area contributed by atoms with Gasteiger partial charge in [0.25, 0.3) is 5.91 Å². The summed E-state index contributed by atoms with van der Waals surface area (Å²) in [5.74, 6) is -1.04. The lowest BCUT2D eigenvalue weighted by molar-refractivity contribution is -0.152. The van der Waals surface area contributed by atoms with Gasteiger partial charge in [-0.1, -0.05) is 50.2 Å². The molecular weight excluding hydrogens is 428 g/mol. The average Bonchev–Trinajstić information content (AvgIpc) is 2.79. The van der Waals surface area contributed by atoms with Gasteiger partial charge in [-0.25, -0.2) is 8.42 Å². The molecule has 0 radical (unpaired) electrons. The maximum Gasteiger partial charge on any atom is 0.309 e. The molecule has 1 saturated heterocycles. The molecule has 0 aromatic heterocycles. The molecule has 1 aliphatic heterocycles. The Morgan fingerprint density at radius 1 is 1.06 bits per heavy atom. The summed E-state index contributed by atoms with van der Waals surface area (Å²) in [6, 6.07) is 14.1. The second kappa shape index (κ2) is 10.3. The van der Waals surface area contributed by atoms with Gasteiger partial charge in [0.05, 0.1) is 10.8 Å². The zero-order chi connectivity index (χ0) is 23.3. The lowest BCUT2D eigenvalue weighted by Crippen LogP contribution is -2.40. The normalized spacial score (nSPS) is 15.5. The third-order valence-electron chi connectivity index (χ3n) is 5.71. The minimum atomic E-state index is -3.57. The zero-order valence-electron chi connectivity index (χ0n) is 18.7. The van der Waals surface area contributed by atoms with Gasteiger partial charge in [-0.15, -0.1) is 0 Å². The van der Waals surface area contributed by atoms with Gasteiger partial charge in [0.15, 0.2) is 6.61 Å². The van der Waals surface area contributed by atoms with Crippen LogP contribution < -0.4 is 5.32 Å². The highest BCUT2D eigenvalue weighted by molar-refractivity contribution is 7.89. The lowest BCUT2D eigenvalue weighted by atomic mass is 9.98. The maximum atomic E-state index is 12.7. The number of ether oxygens (including phenoxy) is 1. The van der Waals surface area contributed by atoms with E-state index in [-0.39, 0.29) is 30.5 Å². The maximum absolute atomic E-state index is 12.7. The van der Waals surface area contributed by atoms with Gasteiger partial charge in [-0.05, 0) is 48.9 Å². The Morgan fingerprint density at radius 2 is 1.72 bits per heavy atom. The van der Waals surface area contributed by atoms with Crippen LogP contribution in [-0.4, -0.2) is 44.3 Å². The van der Waals surface area contributed by atoms with Crippen molar-refractivity contribution in [1.82, 2.24) is 4.31 Å². The SMILES string of the molecule is Cc1cccc(C(C)C)c1NC(=O)COC(=O)C1CCN(S(=O)(=O)c2ccccc2)CC1. The first-order chi connectivity index (χ1) is 15.2. The molecule has 3 rings (SSSR count). The predicted molar refractivity (Wildman–Crippen MR) is 123 cm³/mol. The van der Waals surface area contributed by atoms with E-state index in [9.17, 15) is 18.0 Å². The monoisotopic (exact) mass is 458 g/mol. The van der Waals surface area contributed by atoms with E-state index >= 15 is 0 Å². The van der Waals surface area contributed by atoms with Crippen molar-refractivity contribution in [3.05, 3.63) is 59.7 Å². The summed E-state index contributed by atoms with van der Waals surface area (Å²) in [7, 11) is -3.57. The van der Waals surface area contributed by atoms with Crippen LogP contribution in [0.25, 0.3) is 0 Å². The molecule has 1 amide bonds. The number of carbonyl (C=O) groups is 2. The van der Waals surface area contributed by atoms with E-state index in [2.05, 4.69) is 19.2 Å². The van der Waals surface area contributed by atoms with Gasteiger partial charge in [-0.2, -0.15) is 4.31 Å². The van der Waals surface area contributed by atoms with E-state index in [1.807, 2.05) is 25.1 Å². The largest absolute Gasteiger partial charge is 0.455 e. The molecule has 2 aromatic carbocycles. The van der Waals surface area contributed by atoms with Gasteiger partial charge in [0.2, 0.25) is 10.0 Å². The number of amides is 1. The number of esters is 1. The van der Waals surface area contributed by atoms with E-state index in [4.69, 9.17) is 4.74 Å². The molecule has 7 nitrogen and oxygen atoms in total. The van der Waals surface area contributed by atoms with Crippen LogP contribution in [0.15, 0.2) is 53.4 Å². The first-order valence-corrected chi connectivity index (χ1v) is 12.3. The fourth-order valence-electron chi connectivity index (χ4n) is 3.85. The zero-order valence-corrected chi connectivity index (χ0v) is 19.5. The molecule has 2 aromatic rings. The van der Waals surface area contributed by atoms with Crippen LogP contribution in [0.1, 0.15) is 43.7 Å². The summed E-state index contributed by atoms with van der Waals surface area (Å²) >= 11 is 0. The molecule has 8 heteroatoms. The van der Waals surface area contributed by atoms with Crippen molar-refractivity contribution >= 4 is 27.6 Å². The molecule has 0 spiro atoms. The molecule has 32 heavy (non-hydrogen) atoms. The van der Waals surface area contributed by atoms with E-state index in [1.54, 1.807) is 30.3 Å². The second-order valence-electron chi connectivity index (χ2n) is 8.34. The van der Waals surface area contributed by atoms with Crippen LogP contribution in [0, 0.1) is 12.8 Å². The van der Waals surface area contributed by atoms with Crippen LogP contribution >= 0.6 is 0 Å². The lowest BCUT2D eigenvalue weighted by Gasteiger charge is -2.30. The molecule has 1 heterocycles. The van der Waals surface area contributed by atoms with Crippen molar-refractivity contribution in [3.63, 3.8) is 0 Å². The fourth-order valence-corrected chi connectivity index (χ4v) is 5.34.